The van der Waals surface area contributed by atoms with Gasteiger partial charge in [0.1, 0.15) is 0 Å². The van der Waals surface area contributed by atoms with Crippen molar-refractivity contribution in [3.63, 3.8) is 0 Å². The van der Waals surface area contributed by atoms with Gasteiger partial charge in [0.2, 0.25) is 0 Å². The molecule has 1 aliphatic carbocycles. The van der Waals surface area contributed by atoms with Crippen LogP contribution in [0.5, 0.6) is 0 Å². The molecule has 0 spiro atoms. The molecule has 70 valence electrons. The molecule has 0 bridgehead atoms. The van der Waals surface area contributed by atoms with Gasteiger partial charge >= 0.3 is 0 Å². The molecule has 0 fully saturated rings. The van der Waals surface area contributed by atoms with E-state index >= 15 is 0 Å². The van der Waals surface area contributed by atoms with Crippen molar-refractivity contribution in [3.05, 3.63) is 27.2 Å². The molecule has 3 heteroatoms. The number of hydrogen-bond acceptors (Lipinski definition) is 2. The summed E-state index contributed by atoms with van der Waals surface area (Å²) in [5.74, 6) is 0.397. The van der Waals surface area contributed by atoms with Crippen LogP contribution in [0.3, 0.4) is 0 Å². The summed E-state index contributed by atoms with van der Waals surface area (Å²) >= 11 is 0. The van der Waals surface area contributed by atoms with Gasteiger partial charge in [-0.3, -0.25) is 4.79 Å². The van der Waals surface area contributed by atoms with Crippen LogP contribution in [-0.4, -0.2) is 10.2 Å². The maximum atomic E-state index is 11.5. The van der Waals surface area contributed by atoms with Gasteiger partial charge < -0.3 is 0 Å². The number of fused-ring (bicyclic) bond motifs is 1. The quantitative estimate of drug-likeness (QED) is 0.654. The zero-order chi connectivity index (χ0) is 9.42. The third-order valence-electron chi connectivity index (χ3n) is 2.89. The number of aromatic nitrogens is 2. The summed E-state index contributed by atoms with van der Waals surface area (Å²) in [4.78, 5) is 11.5. The fourth-order valence-electron chi connectivity index (χ4n) is 2.16. The largest absolute Gasteiger partial charge is 0.268 e. The molecule has 1 aliphatic rings. The van der Waals surface area contributed by atoms with Gasteiger partial charge in [0.05, 0.1) is 5.69 Å². The molecule has 1 aromatic rings. The monoisotopic (exact) mass is 178 g/mol. The average Bonchev–Trinajstić information content (AvgIpc) is 2.12. The number of nitrogens with zero attached hydrogens (tertiary/aromatic N) is 1. The van der Waals surface area contributed by atoms with Crippen LogP contribution in [0.1, 0.15) is 42.5 Å². The summed E-state index contributed by atoms with van der Waals surface area (Å²) in [5, 5.41) is 6.54. The van der Waals surface area contributed by atoms with Crippen LogP contribution in [0.15, 0.2) is 4.79 Å². The van der Waals surface area contributed by atoms with Gasteiger partial charge in [-0.1, -0.05) is 6.92 Å². The van der Waals surface area contributed by atoms with E-state index in [0.29, 0.717) is 5.92 Å². The first-order valence-electron chi connectivity index (χ1n) is 4.78. The third kappa shape index (κ3) is 1.28. The first-order valence-corrected chi connectivity index (χ1v) is 4.78. The Morgan fingerprint density at radius 1 is 1.54 bits per heavy atom. The molecule has 1 unspecified atom stereocenters. The van der Waals surface area contributed by atoms with Gasteiger partial charge in [-0.2, -0.15) is 5.10 Å². The van der Waals surface area contributed by atoms with Crippen molar-refractivity contribution in [2.45, 2.75) is 39.0 Å². The first kappa shape index (κ1) is 8.48. The maximum absolute atomic E-state index is 11.5. The highest BCUT2D eigenvalue weighted by Crippen LogP contribution is 2.28. The highest BCUT2D eigenvalue weighted by molar-refractivity contribution is 5.32. The lowest BCUT2D eigenvalue weighted by Crippen LogP contribution is -2.23. The number of hydrogen-bond donors (Lipinski definition) is 1. The second-order valence-electron chi connectivity index (χ2n) is 3.82. The molecule has 0 radical (unpaired) electrons. The van der Waals surface area contributed by atoms with Crippen molar-refractivity contribution >= 4 is 0 Å². The molecular weight excluding hydrogens is 164 g/mol. The van der Waals surface area contributed by atoms with E-state index in [0.717, 1.165) is 24.1 Å². The molecule has 1 aromatic heterocycles. The van der Waals surface area contributed by atoms with Crippen molar-refractivity contribution in [2.75, 3.05) is 0 Å². The van der Waals surface area contributed by atoms with Crippen molar-refractivity contribution in [2.24, 2.45) is 0 Å². The van der Waals surface area contributed by atoms with E-state index in [2.05, 4.69) is 17.1 Å². The minimum absolute atomic E-state index is 0.00722. The van der Waals surface area contributed by atoms with E-state index < -0.39 is 0 Å². The Balaban J connectivity index is 2.67. The average molecular weight is 178 g/mol. The Hall–Kier alpha value is -1.12. The van der Waals surface area contributed by atoms with E-state index in [9.17, 15) is 4.79 Å². The molecule has 0 saturated carbocycles. The Bertz CT molecular complexity index is 381. The Morgan fingerprint density at radius 2 is 2.31 bits per heavy atom. The standard InChI is InChI=1S/C10H14N2O/c1-6-4-3-5-8-7(2)11-12-10(13)9(6)8/h6H,3-5H2,1-2H3,(H,12,13). The summed E-state index contributed by atoms with van der Waals surface area (Å²) < 4.78 is 0. The van der Waals surface area contributed by atoms with Gasteiger partial charge in [0.15, 0.2) is 0 Å². The Labute approximate surface area is 77.2 Å². The molecule has 1 N–H and O–H groups in total. The molecule has 2 rings (SSSR count). The highest BCUT2D eigenvalue weighted by atomic mass is 16.1. The van der Waals surface area contributed by atoms with Gasteiger partial charge in [-0.05, 0) is 37.7 Å². The SMILES string of the molecule is Cc1n[nH]c(=O)c2c1CCCC2C. The van der Waals surface area contributed by atoms with Gasteiger partial charge in [0.25, 0.3) is 5.56 Å². The summed E-state index contributed by atoms with van der Waals surface area (Å²) in [6, 6.07) is 0. The number of H-pyrrole nitrogens is 1. The first-order chi connectivity index (χ1) is 6.20. The van der Waals surface area contributed by atoms with E-state index in [1.165, 1.54) is 12.0 Å². The lowest BCUT2D eigenvalue weighted by Gasteiger charge is -2.21. The van der Waals surface area contributed by atoms with Gasteiger partial charge in [-0.25, -0.2) is 5.10 Å². The van der Waals surface area contributed by atoms with Crippen LogP contribution in [0.2, 0.25) is 0 Å². The predicted octanol–water partition coefficient (Wildman–Crippen LogP) is 1.52. The number of aromatic amines is 1. The lowest BCUT2D eigenvalue weighted by atomic mass is 9.84. The minimum atomic E-state index is 0.00722. The summed E-state index contributed by atoms with van der Waals surface area (Å²) in [6.07, 6.45) is 3.32. The fraction of sp³-hybridized carbons (Fsp3) is 0.600. The zero-order valence-corrected chi connectivity index (χ0v) is 8.05. The number of aryl methyl sites for hydroxylation is 1. The predicted molar refractivity (Wildman–Crippen MR) is 50.9 cm³/mol. The minimum Gasteiger partial charge on any atom is -0.268 e. The van der Waals surface area contributed by atoms with Crippen molar-refractivity contribution < 1.29 is 0 Å². The molecule has 0 saturated heterocycles. The van der Waals surface area contributed by atoms with E-state index in [1.807, 2.05) is 6.92 Å². The normalized spacial score (nSPS) is 21.2. The summed E-state index contributed by atoms with van der Waals surface area (Å²) in [7, 11) is 0. The lowest BCUT2D eigenvalue weighted by molar-refractivity contribution is 0.572. The van der Waals surface area contributed by atoms with Crippen molar-refractivity contribution in [1.82, 2.24) is 10.2 Å². The van der Waals surface area contributed by atoms with Crippen LogP contribution in [0.25, 0.3) is 0 Å². The maximum Gasteiger partial charge on any atom is 0.267 e. The van der Waals surface area contributed by atoms with Crippen LogP contribution >= 0.6 is 0 Å². The molecule has 0 aromatic carbocycles. The van der Waals surface area contributed by atoms with Crippen LogP contribution in [-0.2, 0) is 6.42 Å². The fourth-order valence-corrected chi connectivity index (χ4v) is 2.16. The molecule has 0 aliphatic heterocycles. The molecule has 13 heavy (non-hydrogen) atoms. The van der Waals surface area contributed by atoms with Crippen LogP contribution in [0, 0.1) is 6.92 Å². The van der Waals surface area contributed by atoms with Crippen LogP contribution < -0.4 is 5.56 Å². The topological polar surface area (TPSA) is 45.8 Å². The van der Waals surface area contributed by atoms with E-state index in [4.69, 9.17) is 0 Å². The number of nitrogens with one attached hydrogen (secondary N) is 1. The molecular formula is C10H14N2O. The molecule has 3 nitrogen and oxygen atoms in total. The Kier molecular flexibility index (Phi) is 1.94. The van der Waals surface area contributed by atoms with Crippen molar-refractivity contribution in [3.8, 4) is 0 Å². The molecule has 1 heterocycles. The molecule has 1 atom stereocenters. The van der Waals surface area contributed by atoms with E-state index in [-0.39, 0.29) is 5.56 Å². The smallest absolute Gasteiger partial charge is 0.267 e. The summed E-state index contributed by atoms with van der Waals surface area (Å²) in [6.45, 7) is 4.08. The zero-order valence-electron chi connectivity index (χ0n) is 8.05. The Morgan fingerprint density at radius 3 is 3.00 bits per heavy atom. The second-order valence-corrected chi connectivity index (χ2v) is 3.82. The second kappa shape index (κ2) is 2.98. The number of rotatable bonds is 0. The summed E-state index contributed by atoms with van der Waals surface area (Å²) in [5.41, 5.74) is 3.15. The highest BCUT2D eigenvalue weighted by Gasteiger charge is 2.21. The van der Waals surface area contributed by atoms with Gasteiger partial charge in [-0.15, -0.1) is 0 Å². The van der Waals surface area contributed by atoms with Crippen LogP contribution in [0.4, 0.5) is 0 Å². The van der Waals surface area contributed by atoms with E-state index in [1.54, 1.807) is 0 Å². The molecule has 0 amide bonds. The third-order valence-corrected chi connectivity index (χ3v) is 2.89. The van der Waals surface area contributed by atoms with Gasteiger partial charge in [0, 0.05) is 5.56 Å². The van der Waals surface area contributed by atoms with Crippen molar-refractivity contribution in [1.29, 1.82) is 0 Å².